The van der Waals surface area contributed by atoms with E-state index in [1.54, 1.807) is 12.1 Å². The van der Waals surface area contributed by atoms with Gasteiger partial charge in [0.1, 0.15) is 12.4 Å². The van der Waals surface area contributed by atoms with Crippen LogP contribution < -0.4 is 4.74 Å². The summed E-state index contributed by atoms with van der Waals surface area (Å²) in [6.07, 6.45) is 0. The third-order valence-corrected chi connectivity index (χ3v) is 3.42. The molecule has 2 aromatic carbocycles. The Morgan fingerprint density at radius 2 is 1.65 bits per heavy atom. The van der Waals surface area contributed by atoms with E-state index in [-0.39, 0.29) is 0 Å². The van der Waals surface area contributed by atoms with Gasteiger partial charge in [-0.2, -0.15) is 5.26 Å². The first-order valence-corrected chi connectivity index (χ1v) is 9.18. The monoisotopic (exact) mass is 391 g/mol. The number of benzene rings is 2. The third kappa shape index (κ3) is 4.48. The Labute approximate surface area is 134 Å². The molecular formula is C16H10INOS. The van der Waals surface area contributed by atoms with Gasteiger partial charge >= 0.3 is 0 Å². The van der Waals surface area contributed by atoms with Crippen LogP contribution in [-0.4, -0.2) is 0 Å². The molecule has 0 N–H and O–H groups in total. The second kappa shape index (κ2) is 7.84. The van der Waals surface area contributed by atoms with E-state index in [2.05, 4.69) is 38.4 Å². The molecule has 0 saturated heterocycles. The summed E-state index contributed by atoms with van der Waals surface area (Å²) >= 11 is 2.14. The molecule has 2 rings (SSSR count). The molecule has 0 aliphatic carbocycles. The minimum Gasteiger partial charge on any atom is -0.489 e. The zero-order valence-electron chi connectivity index (χ0n) is 10.5. The second-order valence-electron chi connectivity index (χ2n) is 3.93. The maximum absolute atomic E-state index is 8.73. The predicted octanol–water partition coefficient (Wildman–Crippen LogP) is 4.53. The fourth-order valence-corrected chi connectivity index (χ4v) is 2.04. The van der Waals surface area contributed by atoms with Gasteiger partial charge in [0.15, 0.2) is 0 Å². The molecule has 0 atom stereocenters. The van der Waals surface area contributed by atoms with Gasteiger partial charge in [-0.25, -0.2) is 0 Å². The Balaban J connectivity index is 1.95. The van der Waals surface area contributed by atoms with Crippen molar-refractivity contribution in [2.24, 2.45) is 0 Å². The molecule has 2 aromatic rings. The van der Waals surface area contributed by atoms with E-state index in [4.69, 9.17) is 10.00 Å². The number of hydrogen-bond donors (Lipinski definition) is 0. The minimum absolute atomic E-state index is 0.486. The molecule has 0 bridgehead atoms. The molecule has 0 amide bonds. The lowest BCUT2D eigenvalue weighted by molar-refractivity contribution is 0.306. The van der Waals surface area contributed by atoms with Crippen molar-refractivity contribution in [1.29, 1.82) is 5.26 Å². The van der Waals surface area contributed by atoms with Crippen molar-refractivity contribution in [3.05, 3.63) is 65.2 Å². The predicted molar refractivity (Wildman–Crippen MR) is 90.4 cm³/mol. The first-order valence-electron chi connectivity index (χ1n) is 5.82. The van der Waals surface area contributed by atoms with Crippen molar-refractivity contribution in [2.45, 2.75) is 6.61 Å². The molecule has 20 heavy (non-hydrogen) atoms. The number of nitriles is 1. The van der Waals surface area contributed by atoms with E-state index in [9.17, 15) is 0 Å². The Morgan fingerprint density at radius 3 is 2.25 bits per heavy atom. The molecule has 0 radical (unpaired) electrons. The standard InChI is InChI=1S/C16H10INOS/c17-20-10-9-13-5-7-16(8-6-13)19-12-15-3-1-14(11-18)2-4-15/h1-8H,12H2. The number of halogens is 1. The lowest BCUT2D eigenvalue weighted by Crippen LogP contribution is -1.95. The molecule has 4 heteroatoms. The molecule has 0 aliphatic rings. The van der Waals surface area contributed by atoms with Gasteiger partial charge < -0.3 is 4.74 Å². The van der Waals surface area contributed by atoms with Crippen LogP contribution in [0.25, 0.3) is 0 Å². The highest BCUT2D eigenvalue weighted by Crippen LogP contribution is 2.15. The van der Waals surface area contributed by atoms with Crippen LogP contribution in [0.2, 0.25) is 0 Å². The van der Waals surface area contributed by atoms with Crippen molar-refractivity contribution in [2.75, 3.05) is 0 Å². The summed E-state index contributed by atoms with van der Waals surface area (Å²) in [7, 11) is 1.47. The summed E-state index contributed by atoms with van der Waals surface area (Å²) in [5.41, 5.74) is 2.67. The number of rotatable bonds is 3. The van der Waals surface area contributed by atoms with Gasteiger partial charge in [-0.3, -0.25) is 0 Å². The van der Waals surface area contributed by atoms with Crippen LogP contribution in [0.5, 0.6) is 5.75 Å². The Hall–Kier alpha value is -1.63. The van der Waals surface area contributed by atoms with Crippen LogP contribution in [0, 0.1) is 22.5 Å². The average Bonchev–Trinajstić information content (AvgIpc) is 2.52. The summed E-state index contributed by atoms with van der Waals surface area (Å²) in [6.45, 7) is 0.486. The maximum Gasteiger partial charge on any atom is 0.119 e. The maximum atomic E-state index is 8.73. The Morgan fingerprint density at radius 1 is 1.00 bits per heavy atom. The quantitative estimate of drug-likeness (QED) is 0.570. The van der Waals surface area contributed by atoms with Gasteiger partial charge in [-0.05, 0) is 56.1 Å². The van der Waals surface area contributed by atoms with Crippen LogP contribution in [0.4, 0.5) is 0 Å². The summed E-state index contributed by atoms with van der Waals surface area (Å²) in [5, 5.41) is 11.7. The van der Waals surface area contributed by atoms with Crippen molar-refractivity contribution in [1.82, 2.24) is 0 Å². The Kier molecular flexibility index (Phi) is 5.79. The number of nitrogens with zero attached hydrogens (tertiary/aromatic N) is 1. The first kappa shape index (κ1) is 14.8. The first-order chi connectivity index (χ1) is 9.81. The van der Waals surface area contributed by atoms with Gasteiger partial charge in [-0.1, -0.05) is 18.1 Å². The van der Waals surface area contributed by atoms with Crippen molar-refractivity contribution >= 4 is 30.1 Å². The van der Waals surface area contributed by atoms with E-state index >= 15 is 0 Å². The van der Waals surface area contributed by atoms with Gasteiger partial charge in [0, 0.05) is 26.8 Å². The van der Waals surface area contributed by atoms with Crippen LogP contribution in [0.15, 0.2) is 48.5 Å². The largest absolute Gasteiger partial charge is 0.489 e. The zero-order chi connectivity index (χ0) is 14.2. The van der Waals surface area contributed by atoms with Gasteiger partial charge in [-0.15, -0.1) is 0 Å². The van der Waals surface area contributed by atoms with Gasteiger partial charge in [0.05, 0.1) is 11.6 Å². The molecule has 0 aromatic heterocycles. The second-order valence-corrected chi connectivity index (χ2v) is 5.61. The molecule has 0 unspecified atom stereocenters. The normalized spacial score (nSPS) is 9.20. The van der Waals surface area contributed by atoms with E-state index in [0.717, 1.165) is 16.9 Å². The summed E-state index contributed by atoms with van der Waals surface area (Å²) in [5.74, 6) is 3.83. The molecule has 0 fully saturated rings. The smallest absolute Gasteiger partial charge is 0.119 e. The van der Waals surface area contributed by atoms with E-state index in [0.29, 0.717) is 12.2 Å². The van der Waals surface area contributed by atoms with Gasteiger partial charge in [0.2, 0.25) is 0 Å². The molecule has 0 heterocycles. The summed E-state index contributed by atoms with van der Waals surface area (Å²) < 4.78 is 5.69. The van der Waals surface area contributed by atoms with Crippen molar-refractivity contribution in [3.63, 3.8) is 0 Å². The third-order valence-electron chi connectivity index (χ3n) is 2.58. The van der Waals surface area contributed by atoms with Gasteiger partial charge in [0.25, 0.3) is 0 Å². The van der Waals surface area contributed by atoms with E-state index in [1.807, 2.05) is 36.4 Å². The summed E-state index contributed by atoms with van der Waals surface area (Å²) in [4.78, 5) is 0. The van der Waals surface area contributed by atoms with Crippen LogP contribution in [-0.2, 0) is 6.61 Å². The van der Waals surface area contributed by atoms with E-state index in [1.165, 1.54) is 8.93 Å². The topological polar surface area (TPSA) is 33.0 Å². The van der Waals surface area contributed by atoms with E-state index < -0.39 is 0 Å². The molecule has 2 nitrogen and oxygen atoms in total. The van der Waals surface area contributed by atoms with Crippen LogP contribution in [0.3, 0.4) is 0 Å². The highest BCUT2D eigenvalue weighted by atomic mass is 127. The van der Waals surface area contributed by atoms with Crippen LogP contribution >= 0.6 is 30.1 Å². The fraction of sp³-hybridized carbons (Fsp3) is 0.0625. The lowest BCUT2D eigenvalue weighted by atomic mass is 10.1. The average molecular weight is 391 g/mol. The highest BCUT2D eigenvalue weighted by Gasteiger charge is 1.97. The molecular weight excluding hydrogens is 381 g/mol. The molecule has 0 spiro atoms. The molecule has 0 saturated carbocycles. The van der Waals surface area contributed by atoms with Crippen molar-refractivity contribution in [3.8, 4) is 23.0 Å². The van der Waals surface area contributed by atoms with Crippen LogP contribution in [0.1, 0.15) is 16.7 Å². The summed E-state index contributed by atoms with van der Waals surface area (Å²) in [6, 6.07) is 17.2. The number of hydrogen-bond acceptors (Lipinski definition) is 3. The lowest BCUT2D eigenvalue weighted by Gasteiger charge is -2.06. The molecule has 0 aliphatic heterocycles. The molecule has 98 valence electrons. The number of ether oxygens (including phenoxy) is 1. The van der Waals surface area contributed by atoms with Crippen molar-refractivity contribution < 1.29 is 4.74 Å². The minimum atomic E-state index is 0.486. The zero-order valence-corrected chi connectivity index (χ0v) is 13.4. The highest BCUT2D eigenvalue weighted by molar-refractivity contribution is 14.2. The Bertz CT molecular complexity index is 663. The SMILES string of the molecule is N#Cc1ccc(COc2ccc(C#CSI)cc2)cc1. The fourth-order valence-electron chi connectivity index (χ4n) is 1.55.